The summed E-state index contributed by atoms with van der Waals surface area (Å²) in [5.74, 6) is 7.18. The fourth-order valence-electron chi connectivity index (χ4n) is 1.52. The van der Waals surface area contributed by atoms with Crippen LogP contribution in [0.25, 0.3) is 0 Å². The van der Waals surface area contributed by atoms with E-state index in [2.05, 4.69) is 48.4 Å². The standard InChI is InChI=1S/C14H21NOS2/c1-12(10-17-3)15(2)9-14-8-13(11-18-14)6-4-5-7-16/h8,11-12,16H,5,7,9-10H2,1-3H3. The summed E-state index contributed by atoms with van der Waals surface area (Å²) in [6.07, 6.45) is 2.69. The quantitative estimate of drug-likeness (QED) is 0.812. The first kappa shape index (κ1) is 15.6. The fourth-order valence-corrected chi connectivity index (χ4v) is 3.14. The third-order valence-corrected chi connectivity index (χ3v) is 4.43. The molecule has 0 radical (unpaired) electrons. The molecule has 100 valence electrons. The average molecular weight is 283 g/mol. The summed E-state index contributed by atoms with van der Waals surface area (Å²) in [5.41, 5.74) is 1.06. The van der Waals surface area contributed by atoms with E-state index in [4.69, 9.17) is 5.11 Å². The third kappa shape index (κ3) is 5.45. The lowest BCUT2D eigenvalue weighted by Crippen LogP contribution is -2.30. The highest BCUT2D eigenvalue weighted by atomic mass is 32.2. The maximum Gasteiger partial charge on any atom is 0.0540 e. The van der Waals surface area contributed by atoms with Crippen LogP contribution in [0.3, 0.4) is 0 Å². The molecule has 2 nitrogen and oxygen atoms in total. The molecule has 0 aromatic carbocycles. The minimum atomic E-state index is 0.138. The zero-order valence-corrected chi connectivity index (χ0v) is 12.9. The van der Waals surface area contributed by atoms with Crippen molar-refractivity contribution < 1.29 is 5.11 Å². The second-order valence-corrected chi connectivity index (χ2v) is 6.20. The van der Waals surface area contributed by atoms with E-state index < -0.39 is 0 Å². The molecule has 0 aliphatic heterocycles. The van der Waals surface area contributed by atoms with E-state index in [0.717, 1.165) is 17.9 Å². The van der Waals surface area contributed by atoms with Gasteiger partial charge in [-0.2, -0.15) is 11.8 Å². The molecular weight excluding hydrogens is 262 g/mol. The van der Waals surface area contributed by atoms with Crippen molar-refractivity contribution in [2.24, 2.45) is 0 Å². The number of aliphatic hydroxyl groups excluding tert-OH is 1. The molecule has 1 aromatic heterocycles. The Morgan fingerprint density at radius 1 is 1.56 bits per heavy atom. The van der Waals surface area contributed by atoms with Crippen LogP contribution in [0.2, 0.25) is 0 Å². The topological polar surface area (TPSA) is 23.5 Å². The summed E-state index contributed by atoms with van der Waals surface area (Å²) >= 11 is 3.64. The third-order valence-electron chi connectivity index (χ3n) is 2.69. The van der Waals surface area contributed by atoms with Gasteiger partial charge in [-0.25, -0.2) is 0 Å². The van der Waals surface area contributed by atoms with Crippen LogP contribution in [0.4, 0.5) is 0 Å². The van der Waals surface area contributed by atoms with Gasteiger partial charge in [0.05, 0.1) is 6.61 Å². The minimum Gasteiger partial charge on any atom is -0.395 e. The van der Waals surface area contributed by atoms with Gasteiger partial charge in [-0.05, 0) is 26.3 Å². The summed E-state index contributed by atoms with van der Waals surface area (Å²) in [6.45, 7) is 3.37. The van der Waals surface area contributed by atoms with Gasteiger partial charge in [-0.1, -0.05) is 11.8 Å². The van der Waals surface area contributed by atoms with Gasteiger partial charge in [-0.15, -0.1) is 11.3 Å². The van der Waals surface area contributed by atoms with Gasteiger partial charge in [-0.3, -0.25) is 4.90 Å². The number of hydrogen-bond acceptors (Lipinski definition) is 4. The highest BCUT2D eigenvalue weighted by molar-refractivity contribution is 7.98. The van der Waals surface area contributed by atoms with Crippen LogP contribution in [0, 0.1) is 11.8 Å². The smallest absolute Gasteiger partial charge is 0.0540 e. The van der Waals surface area contributed by atoms with E-state index in [1.54, 1.807) is 11.3 Å². The Kier molecular flexibility index (Phi) is 7.45. The van der Waals surface area contributed by atoms with Gasteiger partial charge in [0.2, 0.25) is 0 Å². The number of thiophene rings is 1. The van der Waals surface area contributed by atoms with Crippen LogP contribution in [0.15, 0.2) is 11.4 Å². The molecule has 0 saturated heterocycles. The van der Waals surface area contributed by atoms with E-state index in [1.165, 1.54) is 4.88 Å². The second-order valence-electron chi connectivity index (χ2n) is 4.30. The highest BCUT2D eigenvalue weighted by Crippen LogP contribution is 2.17. The number of hydrogen-bond donors (Lipinski definition) is 1. The molecule has 1 atom stereocenters. The van der Waals surface area contributed by atoms with Crippen molar-refractivity contribution in [2.75, 3.05) is 25.7 Å². The van der Waals surface area contributed by atoms with Gasteiger partial charge in [0.25, 0.3) is 0 Å². The number of nitrogens with zero attached hydrogens (tertiary/aromatic N) is 1. The van der Waals surface area contributed by atoms with Gasteiger partial charge >= 0.3 is 0 Å². The predicted octanol–water partition coefficient (Wildman–Crippen LogP) is 2.67. The normalized spacial score (nSPS) is 12.3. The maximum atomic E-state index is 8.67. The molecular formula is C14H21NOS2. The minimum absolute atomic E-state index is 0.138. The van der Waals surface area contributed by atoms with Crippen LogP contribution in [0.1, 0.15) is 23.8 Å². The molecule has 1 rings (SSSR count). The van der Waals surface area contributed by atoms with Gasteiger partial charge < -0.3 is 5.11 Å². The second kappa shape index (κ2) is 8.60. The Morgan fingerprint density at radius 3 is 3.00 bits per heavy atom. The van der Waals surface area contributed by atoms with Crippen molar-refractivity contribution in [3.8, 4) is 11.8 Å². The predicted molar refractivity (Wildman–Crippen MR) is 82.2 cm³/mol. The van der Waals surface area contributed by atoms with Crippen molar-refractivity contribution in [2.45, 2.75) is 25.9 Å². The zero-order valence-electron chi connectivity index (χ0n) is 11.3. The van der Waals surface area contributed by atoms with E-state index in [9.17, 15) is 0 Å². The van der Waals surface area contributed by atoms with E-state index in [-0.39, 0.29) is 6.61 Å². The Bertz CT molecular complexity index is 405. The molecule has 4 heteroatoms. The number of aliphatic hydroxyl groups is 1. The Balaban J connectivity index is 2.51. The molecule has 1 N–H and O–H groups in total. The Labute approximate surface area is 118 Å². The monoisotopic (exact) mass is 283 g/mol. The van der Waals surface area contributed by atoms with Crippen molar-refractivity contribution in [3.05, 3.63) is 21.9 Å². The highest BCUT2D eigenvalue weighted by Gasteiger charge is 2.09. The van der Waals surface area contributed by atoms with Crippen molar-refractivity contribution in [1.82, 2.24) is 4.90 Å². The summed E-state index contributed by atoms with van der Waals surface area (Å²) in [5, 5.41) is 10.8. The number of rotatable bonds is 6. The lowest BCUT2D eigenvalue weighted by atomic mass is 10.2. The van der Waals surface area contributed by atoms with Gasteiger partial charge in [0.15, 0.2) is 0 Å². The average Bonchev–Trinajstić information content (AvgIpc) is 2.77. The number of thioether (sulfide) groups is 1. The summed E-state index contributed by atoms with van der Waals surface area (Å²) in [6, 6.07) is 2.74. The van der Waals surface area contributed by atoms with E-state index in [0.29, 0.717) is 12.5 Å². The molecule has 1 heterocycles. The molecule has 0 fully saturated rings. The first-order valence-corrected chi connectivity index (χ1v) is 8.31. The lowest BCUT2D eigenvalue weighted by Gasteiger charge is -2.23. The summed E-state index contributed by atoms with van der Waals surface area (Å²) in [4.78, 5) is 3.71. The molecule has 0 spiro atoms. The molecule has 1 aromatic rings. The van der Waals surface area contributed by atoms with Gasteiger partial charge in [0.1, 0.15) is 0 Å². The van der Waals surface area contributed by atoms with Crippen molar-refractivity contribution in [3.63, 3.8) is 0 Å². The van der Waals surface area contributed by atoms with Crippen molar-refractivity contribution >= 4 is 23.1 Å². The van der Waals surface area contributed by atoms with E-state index in [1.807, 2.05) is 11.8 Å². The Hall–Kier alpha value is -0.470. The first-order chi connectivity index (χ1) is 8.67. The Morgan fingerprint density at radius 2 is 2.33 bits per heavy atom. The maximum absolute atomic E-state index is 8.67. The molecule has 0 aliphatic carbocycles. The van der Waals surface area contributed by atoms with E-state index >= 15 is 0 Å². The van der Waals surface area contributed by atoms with Crippen molar-refractivity contribution in [1.29, 1.82) is 0 Å². The zero-order chi connectivity index (χ0) is 13.4. The molecule has 1 unspecified atom stereocenters. The summed E-state index contributed by atoms with van der Waals surface area (Å²) < 4.78 is 0. The van der Waals surface area contributed by atoms with Crippen LogP contribution < -0.4 is 0 Å². The first-order valence-electron chi connectivity index (χ1n) is 6.03. The largest absolute Gasteiger partial charge is 0.395 e. The van der Waals surface area contributed by atoms with Crippen LogP contribution in [-0.4, -0.2) is 41.7 Å². The van der Waals surface area contributed by atoms with Crippen LogP contribution in [0.5, 0.6) is 0 Å². The molecule has 18 heavy (non-hydrogen) atoms. The SMILES string of the molecule is CSCC(C)N(C)Cc1cc(C#CCCO)cs1. The molecule has 0 saturated carbocycles. The van der Waals surface area contributed by atoms with Crippen LogP contribution in [-0.2, 0) is 6.54 Å². The fraction of sp³-hybridized carbons (Fsp3) is 0.571. The summed E-state index contributed by atoms with van der Waals surface area (Å²) in [7, 11) is 2.16. The molecule has 0 aliphatic rings. The van der Waals surface area contributed by atoms with Crippen LogP contribution >= 0.6 is 23.1 Å². The van der Waals surface area contributed by atoms with Gasteiger partial charge in [0, 0.05) is 40.6 Å². The lowest BCUT2D eigenvalue weighted by molar-refractivity contribution is 0.272. The molecule has 0 amide bonds. The molecule has 0 bridgehead atoms.